The Morgan fingerprint density at radius 3 is 2.40 bits per heavy atom. The van der Waals surface area contributed by atoms with Gasteiger partial charge in [0.2, 0.25) is 0 Å². The van der Waals surface area contributed by atoms with Crippen LogP contribution in [-0.2, 0) is 0 Å². The molecule has 3 rings (SSSR count). The van der Waals surface area contributed by atoms with Crippen molar-refractivity contribution in [2.24, 2.45) is 0 Å². The molecule has 3 heterocycles. The van der Waals surface area contributed by atoms with Crippen molar-refractivity contribution in [1.82, 2.24) is 10.2 Å². The van der Waals surface area contributed by atoms with Gasteiger partial charge in [-0.2, -0.15) is 0 Å². The van der Waals surface area contributed by atoms with Crippen LogP contribution in [0.3, 0.4) is 0 Å². The molecule has 0 saturated carbocycles. The summed E-state index contributed by atoms with van der Waals surface area (Å²) < 4.78 is 1.24. The van der Waals surface area contributed by atoms with Crippen LogP contribution in [0.1, 0.15) is 15.8 Å². The van der Waals surface area contributed by atoms with Gasteiger partial charge in [0.25, 0.3) is 0 Å². The van der Waals surface area contributed by atoms with E-state index in [-0.39, 0.29) is 24.8 Å². The van der Waals surface area contributed by atoms with Crippen molar-refractivity contribution in [2.45, 2.75) is 6.04 Å². The molecule has 0 aliphatic carbocycles. The average Bonchev–Trinajstić information content (AvgIpc) is 3.05. The Morgan fingerprint density at radius 1 is 1.10 bits per heavy atom. The quantitative estimate of drug-likeness (QED) is 0.798. The molecule has 1 fully saturated rings. The second kappa shape index (κ2) is 8.73. The van der Waals surface area contributed by atoms with Gasteiger partial charge in [-0.05, 0) is 38.8 Å². The molecule has 0 amide bonds. The van der Waals surface area contributed by atoms with Crippen molar-refractivity contribution in [3.05, 3.63) is 43.2 Å². The average molecular weight is 416 g/mol. The molecule has 20 heavy (non-hydrogen) atoms. The highest BCUT2D eigenvalue weighted by atomic mass is 79.9. The lowest BCUT2D eigenvalue weighted by molar-refractivity contribution is 0.202. The minimum absolute atomic E-state index is 0. The first-order valence-electron chi connectivity index (χ1n) is 6.07. The van der Waals surface area contributed by atoms with Gasteiger partial charge in [0, 0.05) is 40.4 Å². The van der Waals surface area contributed by atoms with Crippen LogP contribution in [0.4, 0.5) is 0 Å². The maximum Gasteiger partial charge on any atom is 0.0802 e. The summed E-state index contributed by atoms with van der Waals surface area (Å²) in [5.41, 5.74) is 0. The third-order valence-electron chi connectivity index (χ3n) is 3.22. The molecule has 0 bridgehead atoms. The van der Waals surface area contributed by atoms with Gasteiger partial charge < -0.3 is 5.32 Å². The molecule has 1 aliphatic rings. The van der Waals surface area contributed by atoms with Gasteiger partial charge in [0.1, 0.15) is 0 Å². The topological polar surface area (TPSA) is 15.3 Å². The first-order chi connectivity index (χ1) is 8.86. The number of hydrogen-bond donors (Lipinski definition) is 1. The zero-order chi connectivity index (χ0) is 12.4. The van der Waals surface area contributed by atoms with Crippen LogP contribution in [0.2, 0.25) is 0 Å². The number of piperazine rings is 1. The predicted molar refractivity (Wildman–Crippen MR) is 97.1 cm³/mol. The fraction of sp³-hybridized carbons (Fsp3) is 0.385. The van der Waals surface area contributed by atoms with Crippen LogP contribution in [0, 0.1) is 0 Å². The van der Waals surface area contributed by atoms with Crippen LogP contribution in [-0.4, -0.2) is 31.1 Å². The number of hydrogen-bond acceptors (Lipinski definition) is 4. The zero-order valence-corrected chi connectivity index (χ0v) is 15.6. The van der Waals surface area contributed by atoms with E-state index in [2.05, 4.69) is 55.1 Å². The summed E-state index contributed by atoms with van der Waals surface area (Å²) in [6.45, 7) is 4.41. The second-order valence-corrected chi connectivity index (χ2v) is 7.12. The smallest absolute Gasteiger partial charge is 0.0802 e. The molecule has 0 radical (unpaired) electrons. The SMILES string of the molecule is Brc1ccsc1[C@H](c1cccs1)N1CCNCC1.Cl.Cl. The summed E-state index contributed by atoms with van der Waals surface area (Å²) in [5.74, 6) is 0. The lowest BCUT2D eigenvalue weighted by Crippen LogP contribution is -2.45. The molecule has 7 heteroatoms. The zero-order valence-electron chi connectivity index (χ0n) is 10.8. The van der Waals surface area contributed by atoms with E-state index >= 15 is 0 Å². The van der Waals surface area contributed by atoms with Gasteiger partial charge >= 0.3 is 0 Å². The first-order valence-corrected chi connectivity index (χ1v) is 8.62. The first kappa shape index (κ1) is 18.4. The van der Waals surface area contributed by atoms with Gasteiger partial charge in [-0.25, -0.2) is 0 Å². The van der Waals surface area contributed by atoms with Crippen molar-refractivity contribution in [1.29, 1.82) is 0 Å². The summed E-state index contributed by atoms with van der Waals surface area (Å²) in [7, 11) is 0. The van der Waals surface area contributed by atoms with Crippen molar-refractivity contribution in [2.75, 3.05) is 26.2 Å². The van der Waals surface area contributed by atoms with Crippen molar-refractivity contribution < 1.29 is 0 Å². The van der Waals surface area contributed by atoms with Crippen LogP contribution in [0.15, 0.2) is 33.4 Å². The minimum Gasteiger partial charge on any atom is -0.314 e. The van der Waals surface area contributed by atoms with E-state index in [1.165, 1.54) is 14.2 Å². The van der Waals surface area contributed by atoms with Gasteiger partial charge in [-0.3, -0.25) is 4.90 Å². The fourth-order valence-corrected chi connectivity index (χ4v) is 5.05. The predicted octanol–water partition coefficient (Wildman–Crippen LogP) is 4.41. The molecule has 1 atom stereocenters. The van der Waals surface area contributed by atoms with Crippen LogP contribution < -0.4 is 5.32 Å². The van der Waals surface area contributed by atoms with Crippen LogP contribution in [0.25, 0.3) is 0 Å². The van der Waals surface area contributed by atoms with Gasteiger partial charge in [-0.15, -0.1) is 47.5 Å². The van der Waals surface area contributed by atoms with E-state index < -0.39 is 0 Å². The number of halogens is 3. The molecule has 112 valence electrons. The monoisotopic (exact) mass is 414 g/mol. The Kier molecular flexibility index (Phi) is 8.05. The lowest BCUT2D eigenvalue weighted by Gasteiger charge is -2.34. The summed E-state index contributed by atoms with van der Waals surface area (Å²) in [6.07, 6.45) is 0. The van der Waals surface area contributed by atoms with Gasteiger partial charge in [0.15, 0.2) is 0 Å². The van der Waals surface area contributed by atoms with Crippen molar-refractivity contribution >= 4 is 63.4 Å². The Bertz CT molecular complexity index is 498. The number of nitrogens with one attached hydrogen (secondary N) is 1. The molecular weight excluding hydrogens is 399 g/mol. The molecule has 0 unspecified atom stereocenters. The van der Waals surface area contributed by atoms with Crippen LogP contribution >= 0.6 is 63.4 Å². The third-order valence-corrected chi connectivity index (χ3v) is 6.07. The Labute approximate surface area is 148 Å². The Balaban J connectivity index is 0.000001000. The molecule has 2 aromatic heterocycles. The normalized spacial score (nSPS) is 17.1. The van der Waals surface area contributed by atoms with Crippen molar-refractivity contribution in [3.63, 3.8) is 0 Å². The highest BCUT2D eigenvalue weighted by Crippen LogP contribution is 2.38. The molecule has 1 saturated heterocycles. The lowest BCUT2D eigenvalue weighted by atomic mass is 10.1. The van der Waals surface area contributed by atoms with E-state index in [9.17, 15) is 0 Å². The maximum atomic E-state index is 3.69. The maximum absolute atomic E-state index is 3.69. The van der Waals surface area contributed by atoms with Crippen LogP contribution in [0.5, 0.6) is 0 Å². The number of thiophene rings is 2. The Hall–Kier alpha value is 0.380. The van der Waals surface area contributed by atoms with Gasteiger partial charge in [-0.1, -0.05) is 6.07 Å². The van der Waals surface area contributed by atoms with E-state index in [1.54, 1.807) is 0 Å². The van der Waals surface area contributed by atoms with E-state index in [4.69, 9.17) is 0 Å². The highest BCUT2D eigenvalue weighted by Gasteiger charge is 2.27. The summed E-state index contributed by atoms with van der Waals surface area (Å²) >= 11 is 7.39. The summed E-state index contributed by atoms with van der Waals surface area (Å²) in [4.78, 5) is 5.46. The summed E-state index contributed by atoms with van der Waals surface area (Å²) in [5, 5.41) is 7.77. The van der Waals surface area contributed by atoms with E-state index in [0.29, 0.717) is 6.04 Å². The second-order valence-electron chi connectivity index (χ2n) is 4.34. The number of rotatable bonds is 3. The minimum atomic E-state index is 0. The highest BCUT2D eigenvalue weighted by molar-refractivity contribution is 9.10. The molecule has 0 aromatic carbocycles. The molecule has 1 aliphatic heterocycles. The van der Waals surface area contributed by atoms with Crippen molar-refractivity contribution in [3.8, 4) is 0 Å². The molecule has 1 N–H and O–H groups in total. The van der Waals surface area contributed by atoms with Gasteiger partial charge in [0.05, 0.1) is 6.04 Å². The van der Waals surface area contributed by atoms with E-state index in [0.717, 1.165) is 26.2 Å². The Morgan fingerprint density at radius 2 is 1.85 bits per heavy atom. The fourth-order valence-electron chi connectivity index (χ4n) is 2.36. The standard InChI is InChI=1S/C13H15BrN2S2.2ClH/c14-10-3-9-18-13(10)12(11-2-1-8-17-11)16-6-4-15-5-7-16;;/h1-3,8-9,12,15H,4-7H2;2*1H/t12-;;/m0../s1. The molecule has 0 spiro atoms. The molecular formula is C13H17BrCl2N2S2. The number of nitrogens with zero attached hydrogens (tertiary/aromatic N) is 1. The largest absolute Gasteiger partial charge is 0.314 e. The molecule has 2 nitrogen and oxygen atoms in total. The molecule has 2 aromatic rings. The third kappa shape index (κ3) is 3.97. The summed E-state index contributed by atoms with van der Waals surface area (Å²) in [6, 6.07) is 6.98. The van der Waals surface area contributed by atoms with E-state index in [1.807, 2.05) is 22.7 Å².